The number of aliphatic hydroxyl groups excluding tert-OH is 1. The Morgan fingerprint density at radius 3 is 2.19 bits per heavy atom. The van der Waals surface area contributed by atoms with Gasteiger partial charge in [-0.2, -0.15) is 0 Å². The quantitative estimate of drug-likeness (QED) is 0.0911. The Balaban J connectivity index is 4.11. The van der Waals surface area contributed by atoms with Gasteiger partial charge in [0, 0.05) is 6.54 Å². The molecular weight excluding hydrogens is 362 g/mol. The number of carbonyl (C=O) groups excluding carboxylic acids is 3. The van der Waals surface area contributed by atoms with Crippen molar-refractivity contribution in [2.75, 3.05) is 19.6 Å². The van der Waals surface area contributed by atoms with E-state index in [2.05, 4.69) is 20.9 Å². The molecular formula is C14H27N7O6. The van der Waals surface area contributed by atoms with Crippen molar-refractivity contribution in [1.29, 1.82) is 0 Å². The van der Waals surface area contributed by atoms with Crippen LogP contribution in [0, 0.1) is 0 Å². The molecule has 13 nitrogen and oxygen atoms in total. The van der Waals surface area contributed by atoms with E-state index in [-0.39, 0.29) is 5.96 Å². The van der Waals surface area contributed by atoms with Gasteiger partial charge in [-0.15, -0.1) is 0 Å². The van der Waals surface area contributed by atoms with E-state index in [0.717, 1.165) is 0 Å². The molecule has 0 radical (unpaired) electrons. The number of aliphatic imine (C=N–C) groups is 1. The van der Waals surface area contributed by atoms with E-state index in [0.29, 0.717) is 19.4 Å². The number of hydrogen-bond acceptors (Lipinski definition) is 7. The van der Waals surface area contributed by atoms with Crippen LogP contribution in [-0.2, 0) is 19.2 Å². The third-order valence-electron chi connectivity index (χ3n) is 3.24. The molecule has 13 heteroatoms. The second-order valence-electron chi connectivity index (χ2n) is 5.67. The molecule has 0 bridgehead atoms. The molecule has 154 valence electrons. The highest BCUT2D eigenvalue weighted by molar-refractivity contribution is 5.90. The number of nitrogens with two attached hydrogens (primary N) is 3. The highest BCUT2D eigenvalue weighted by Gasteiger charge is 2.25. The molecule has 27 heavy (non-hydrogen) atoms. The largest absolute Gasteiger partial charge is 0.480 e. The van der Waals surface area contributed by atoms with Gasteiger partial charge in [0.15, 0.2) is 12.0 Å². The average Bonchev–Trinajstić information content (AvgIpc) is 2.58. The molecule has 0 heterocycles. The molecule has 11 N–H and O–H groups in total. The zero-order chi connectivity index (χ0) is 21.0. The highest BCUT2D eigenvalue weighted by Crippen LogP contribution is 1.95. The minimum atomic E-state index is -1.49. The molecule has 0 aliphatic heterocycles. The van der Waals surface area contributed by atoms with Crippen LogP contribution in [0.25, 0.3) is 0 Å². The van der Waals surface area contributed by atoms with Crippen LogP contribution in [0.2, 0.25) is 0 Å². The molecule has 3 atom stereocenters. The zero-order valence-electron chi connectivity index (χ0n) is 15.0. The summed E-state index contributed by atoms with van der Waals surface area (Å²) in [5, 5.41) is 24.6. The monoisotopic (exact) mass is 389 g/mol. The first-order valence-corrected chi connectivity index (χ1v) is 8.10. The number of guanidine groups is 1. The number of hydrogen-bond donors (Lipinski definition) is 8. The molecule has 3 unspecified atom stereocenters. The molecule has 0 aliphatic carbocycles. The fourth-order valence-corrected chi connectivity index (χ4v) is 1.80. The Morgan fingerprint density at radius 2 is 1.67 bits per heavy atom. The number of carbonyl (C=O) groups is 4. The lowest BCUT2D eigenvalue weighted by Crippen LogP contribution is -2.51. The lowest BCUT2D eigenvalue weighted by Gasteiger charge is -2.17. The smallest absolute Gasteiger partial charge is 0.328 e. The fraction of sp³-hybridized carbons (Fsp3) is 0.643. The van der Waals surface area contributed by atoms with Crippen LogP contribution in [0.15, 0.2) is 4.99 Å². The summed E-state index contributed by atoms with van der Waals surface area (Å²) in [5.74, 6) is -3.50. The van der Waals surface area contributed by atoms with Gasteiger partial charge in [-0.1, -0.05) is 0 Å². The number of nitrogens with zero attached hydrogens (tertiary/aromatic N) is 1. The molecule has 0 aliphatic rings. The van der Waals surface area contributed by atoms with Crippen molar-refractivity contribution in [2.24, 2.45) is 22.2 Å². The van der Waals surface area contributed by atoms with E-state index in [1.807, 2.05) is 0 Å². The van der Waals surface area contributed by atoms with Gasteiger partial charge >= 0.3 is 5.97 Å². The maximum atomic E-state index is 11.7. The van der Waals surface area contributed by atoms with Crippen molar-refractivity contribution in [2.45, 2.75) is 38.0 Å². The van der Waals surface area contributed by atoms with E-state index < -0.39 is 55.0 Å². The first kappa shape index (κ1) is 24.1. The van der Waals surface area contributed by atoms with E-state index in [4.69, 9.17) is 22.3 Å². The Bertz CT molecular complexity index is 562. The van der Waals surface area contributed by atoms with Gasteiger partial charge in [0.1, 0.15) is 0 Å². The van der Waals surface area contributed by atoms with Crippen molar-refractivity contribution in [3.8, 4) is 0 Å². The SMILES string of the molecule is CC(O)C(NC(=O)CNC(=O)CNC(=O)C(N)CCCN=C(N)N)C(=O)O. The molecule has 0 saturated heterocycles. The molecule has 0 spiro atoms. The Hall–Kier alpha value is -2.93. The van der Waals surface area contributed by atoms with Crippen molar-refractivity contribution < 1.29 is 29.4 Å². The molecule has 0 aromatic heterocycles. The lowest BCUT2D eigenvalue weighted by molar-refractivity contribution is -0.144. The molecule has 0 fully saturated rings. The third-order valence-corrected chi connectivity index (χ3v) is 3.24. The Kier molecular flexibility index (Phi) is 11.1. The topological polar surface area (TPSA) is 235 Å². The van der Waals surface area contributed by atoms with Gasteiger partial charge in [0.25, 0.3) is 0 Å². The molecule has 0 aromatic carbocycles. The van der Waals surface area contributed by atoms with Gasteiger partial charge in [-0.3, -0.25) is 19.4 Å². The van der Waals surface area contributed by atoms with Crippen LogP contribution in [0.4, 0.5) is 0 Å². The summed E-state index contributed by atoms with van der Waals surface area (Å²) in [6, 6.07) is -2.34. The lowest BCUT2D eigenvalue weighted by atomic mass is 10.1. The summed E-state index contributed by atoms with van der Waals surface area (Å²) in [6.07, 6.45) is -0.523. The van der Waals surface area contributed by atoms with Crippen LogP contribution >= 0.6 is 0 Å². The van der Waals surface area contributed by atoms with Gasteiger partial charge in [-0.05, 0) is 19.8 Å². The fourth-order valence-electron chi connectivity index (χ4n) is 1.80. The third kappa shape index (κ3) is 11.3. The summed E-state index contributed by atoms with van der Waals surface area (Å²) >= 11 is 0. The predicted octanol–water partition coefficient (Wildman–Crippen LogP) is -4.45. The summed E-state index contributed by atoms with van der Waals surface area (Å²) in [4.78, 5) is 49.5. The van der Waals surface area contributed by atoms with E-state index in [9.17, 15) is 24.3 Å². The summed E-state index contributed by atoms with van der Waals surface area (Å²) in [7, 11) is 0. The number of carboxylic acids is 1. The Morgan fingerprint density at radius 1 is 1.07 bits per heavy atom. The maximum Gasteiger partial charge on any atom is 0.328 e. The predicted molar refractivity (Wildman–Crippen MR) is 95.2 cm³/mol. The highest BCUT2D eigenvalue weighted by atomic mass is 16.4. The Labute approximate surface area is 155 Å². The number of amides is 3. The second kappa shape index (κ2) is 12.4. The maximum absolute atomic E-state index is 11.7. The van der Waals surface area contributed by atoms with Crippen LogP contribution in [0.5, 0.6) is 0 Å². The standard InChI is InChI=1S/C14H27N7O6/c1-7(22)11(13(26)27)21-10(24)6-19-9(23)5-20-12(25)8(15)3-2-4-18-14(16)17/h7-8,11,22H,2-6,15H2,1H3,(H,19,23)(H,20,25)(H,21,24)(H,26,27)(H4,16,17,18). The van der Waals surface area contributed by atoms with Crippen molar-refractivity contribution in [1.82, 2.24) is 16.0 Å². The first-order valence-electron chi connectivity index (χ1n) is 8.10. The van der Waals surface area contributed by atoms with E-state index in [1.165, 1.54) is 6.92 Å². The van der Waals surface area contributed by atoms with Crippen molar-refractivity contribution in [3.05, 3.63) is 0 Å². The molecule has 0 aromatic rings. The zero-order valence-corrected chi connectivity index (χ0v) is 15.0. The average molecular weight is 389 g/mol. The number of aliphatic hydroxyl groups is 1. The second-order valence-corrected chi connectivity index (χ2v) is 5.67. The summed E-state index contributed by atoms with van der Waals surface area (Å²) in [5.41, 5.74) is 16.0. The minimum absolute atomic E-state index is 0.0585. The summed E-state index contributed by atoms with van der Waals surface area (Å²) in [6.45, 7) is 0.596. The van der Waals surface area contributed by atoms with Gasteiger partial charge in [0.2, 0.25) is 17.7 Å². The van der Waals surface area contributed by atoms with Crippen LogP contribution in [0.1, 0.15) is 19.8 Å². The number of rotatable bonds is 12. The number of aliphatic carboxylic acids is 1. The number of carboxylic acid groups (broad SMARTS) is 1. The molecule has 3 amide bonds. The normalized spacial score (nSPS) is 13.6. The first-order chi connectivity index (χ1) is 12.5. The van der Waals surface area contributed by atoms with Crippen LogP contribution in [-0.4, -0.2) is 77.7 Å². The van der Waals surface area contributed by atoms with Gasteiger partial charge < -0.3 is 43.4 Å². The number of nitrogens with one attached hydrogen (secondary N) is 3. The van der Waals surface area contributed by atoms with Crippen LogP contribution < -0.4 is 33.2 Å². The van der Waals surface area contributed by atoms with Gasteiger partial charge in [0.05, 0.1) is 25.2 Å². The van der Waals surface area contributed by atoms with Crippen molar-refractivity contribution >= 4 is 29.7 Å². The van der Waals surface area contributed by atoms with E-state index >= 15 is 0 Å². The van der Waals surface area contributed by atoms with E-state index in [1.54, 1.807) is 0 Å². The molecule has 0 rings (SSSR count). The minimum Gasteiger partial charge on any atom is -0.480 e. The summed E-state index contributed by atoms with van der Waals surface area (Å²) < 4.78 is 0. The van der Waals surface area contributed by atoms with Crippen LogP contribution in [0.3, 0.4) is 0 Å². The molecule has 0 saturated carbocycles. The van der Waals surface area contributed by atoms with Crippen molar-refractivity contribution in [3.63, 3.8) is 0 Å². The van der Waals surface area contributed by atoms with Gasteiger partial charge in [-0.25, -0.2) is 4.79 Å².